The minimum Gasteiger partial charge on any atom is -0.356 e. The molecule has 1 aliphatic heterocycles. The highest BCUT2D eigenvalue weighted by Crippen LogP contribution is 2.23. The summed E-state index contributed by atoms with van der Waals surface area (Å²) in [5.74, 6) is 1.72. The Morgan fingerprint density at radius 2 is 1.72 bits per heavy atom. The topological polar surface area (TPSA) is 68.0 Å². The molecule has 1 aromatic carbocycles. The molecule has 4 rings (SSSR count). The maximum Gasteiger partial charge on any atom is 0.328 e. The summed E-state index contributed by atoms with van der Waals surface area (Å²) in [5.41, 5.74) is 2.68. The van der Waals surface area contributed by atoms with Gasteiger partial charge in [0.2, 0.25) is 0 Å². The highest BCUT2D eigenvalue weighted by Gasteiger charge is 2.13. The van der Waals surface area contributed by atoms with Crippen LogP contribution in [0.1, 0.15) is 19.3 Å². The van der Waals surface area contributed by atoms with Crippen LogP contribution in [0.5, 0.6) is 0 Å². The predicted molar refractivity (Wildman–Crippen MR) is 99.5 cm³/mol. The monoisotopic (exact) mass is 338 g/mol. The van der Waals surface area contributed by atoms with Gasteiger partial charge in [-0.1, -0.05) is 0 Å². The number of anilines is 3. The molecule has 0 unspecified atom stereocenters. The van der Waals surface area contributed by atoms with Gasteiger partial charge in [0, 0.05) is 38.9 Å². The summed E-state index contributed by atoms with van der Waals surface area (Å²) in [6, 6.07) is 7.87. The molecule has 1 saturated heterocycles. The molecule has 0 atom stereocenters. The van der Waals surface area contributed by atoms with E-state index in [-0.39, 0.29) is 5.69 Å². The fraction of sp³-hybridized carbons (Fsp3) is 0.389. The Morgan fingerprint density at radius 3 is 2.52 bits per heavy atom. The van der Waals surface area contributed by atoms with Crippen molar-refractivity contribution in [2.75, 3.05) is 23.3 Å². The average molecular weight is 338 g/mol. The van der Waals surface area contributed by atoms with Crippen LogP contribution in [0.4, 0.5) is 17.3 Å². The largest absolute Gasteiger partial charge is 0.356 e. The lowest BCUT2D eigenvalue weighted by atomic mass is 10.1. The van der Waals surface area contributed by atoms with Crippen LogP contribution in [0.25, 0.3) is 11.0 Å². The van der Waals surface area contributed by atoms with E-state index in [0.29, 0.717) is 0 Å². The Hall–Kier alpha value is -2.83. The van der Waals surface area contributed by atoms with E-state index < -0.39 is 0 Å². The normalized spacial score (nSPS) is 14.9. The van der Waals surface area contributed by atoms with Crippen molar-refractivity contribution in [3.8, 4) is 0 Å². The molecule has 7 nitrogen and oxygen atoms in total. The third-order valence-electron chi connectivity index (χ3n) is 4.88. The number of imidazole rings is 1. The summed E-state index contributed by atoms with van der Waals surface area (Å²) < 4.78 is 3.30. The van der Waals surface area contributed by atoms with Crippen molar-refractivity contribution in [2.45, 2.75) is 19.3 Å². The number of hydrogen-bond acceptors (Lipinski definition) is 5. The number of nitrogens with zero attached hydrogens (tertiary/aromatic N) is 5. The zero-order valence-corrected chi connectivity index (χ0v) is 14.6. The summed E-state index contributed by atoms with van der Waals surface area (Å²) in [6.45, 7) is 2.10. The van der Waals surface area contributed by atoms with Crippen molar-refractivity contribution in [3.63, 3.8) is 0 Å². The van der Waals surface area contributed by atoms with E-state index in [9.17, 15) is 4.79 Å². The summed E-state index contributed by atoms with van der Waals surface area (Å²) in [5, 5.41) is 3.33. The Balaban J connectivity index is 1.62. The molecular formula is C18H22N6O. The quantitative estimate of drug-likeness (QED) is 0.794. The second-order valence-electron chi connectivity index (χ2n) is 6.54. The third-order valence-corrected chi connectivity index (χ3v) is 4.88. The van der Waals surface area contributed by atoms with Gasteiger partial charge in [-0.25, -0.2) is 14.8 Å². The summed E-state index contributed by atoms with van der Waals surface area (Å²) >= 11 is 0. The van der Waals surface area contributed by atoms with Gasteiger partial charge < -0.3 is 10.2 Å². The number of aromatic nitrogens is 4. The molecule has 7 heteroatoms. The van der Waals surface area contributed by atoms with E-state index in [4.69, 9.17) is 0 Å². The zero-order valence-electron chi connectivity index (χ0n) is 14.6. The molecule has 0 aliphatic carbocycles. The van der Waals surface area contributed by atoms with Crippen LogP contribution in [-0.4, -0.2) is 32.2 Å². The van der Waals surface area contributed by atoms with E-state index in [1.165, 1.54) is 19.3 Å². The molecule has 3 heterocycles. The SMILES string of the molecule is Cn1c(=O)n(C)c2cc(Nc3cc(N4CCCCC4)ncn3)ccc21. The highest BCUT2D eigenvalue weighted by atomic mass is 16.1. The predicted octanol–water partition coefficient (Wildman–Crippen LogP) is 2.40. The number of aryl methyl sites for hydroxylation is 2. The molecule has 3 aromatic rings. The molecular weight excluding hydrogens is 316 g/mol. The maximum atomic E-state index is 12.1. The fourth-order valence-electron chi connectivity index (χ4n) is 3.44. The first kappa shape index (κ1) is 15.7. The summed E-state index contributed by atoms with van der Waals surface area (Å²) in [6.07, 6.45) is 5.32. The number of hydrogen-bond donors (Lipinski definition) is 1. The molecule has 1 fully saturated rings. The second-order valence-corrected chi connectivity index (χ2v) is 6.54. The lowest BCUT2D eigenvalue weighted by molar-refractivity contribution is 0.573. The van der Waals surface area contributed by atoms with Crippen LogP contribution in [0, 0.1) is 0 Å². The van der Waals surface area contributed by atoms with E-state index in [0.717, 1.165) is 41.4 Å². The van der Waals surface area contributed by atoms with Crippen molar-refractivity contribution in [3.05, 3.63) is 41.1 Å². The van der Waals surface area contributed by atoms with Gasteiger partial charge >= 0.3 is 5.69 Å². The van der Waals surface area contributed by atoms with E-state index in [1.807, 2.05) is 24.3 Å². The van der Waals surface area contributed by atoms with Gasteiger partial charge in [0.1, 0.15) is 18.0 Å². The molecule has 0 saturated carbocycles. The Morgan fingerprint density at radius 1 is 0.960 bits per heavy atom. The van der Waals surface area contributed by atoms with Crippen LogP contribution in [0.3, 0.4) is 0 Å². The van der Waals surface area contributed by atoms with Crippen molar-refractivity contribution in [1.29, 1.82) is 0 Å². The lowest BCUT2D eigenvalue weighted by Gasteiger charge is -2.27. The second kappa shape index (κ2) is 6.23. The molecule has 1 N–H and O–H groups in total. The molecule has 25 heavy (non-hydrogen) atoms. The third kappa shape index (κ3) is 2.86. The number of benzene rings is 1. The first-order valence-corrected chi connectivity index (χ1v) is 8.63. The van der Waals surface area contributed by atoms with Gasteiger partial charge in [0.05, 0.1) is 11.0 Å². The summed E-state index contributed by atoms with van der Waals surface area (Å²) in [4.78, 5) is 23.1. The molecule has 130 valence electrons. The van der Waals surface area contributed by atoms with Crippen molar-refractivity contribution >= 4 is 28.4 Å². The number of fused-ring (bicyclic) bond motifs is 1. The summed E-state index contributed by atoms with van der Waals surface area (Å²) in [7, 11) is 3.57. The Bertz CT molecular complexity index is 967. The zero-order chi connectivity index (χ0) is 17.4. The molecule has 2 aromatic heterocycles. The number of piperidine rings is 1. The molecule has 0 spiro atoms. The van der Waals surface area contributed by atoms with Gasteiger partial charge in [-0.2, -0.15) is 0 Å². The van der Waals surface area contributed by atoms with Gasteiger partial charge in [0.15, 0.2) is 0 Å². The first-order valence-electron chi connectivity index (χ1n) is 8.63. The number of rotatable bonds is 3. The average Bonchev–Trinajstić information content (AvgIpc) is 2.87. The van der Waals surface area contributed by atoms with Crippen LogP contribution in [0.2, 0.25) is 0 Å². The van der Waals surface area contributed by atoms with Crippen molar-refractivity contribution in [1.82, 2.24) is 19.1 Å². The molecule has 1 aliphatic rings. The van der Waals surface area contributed by atoms with Crippen molar-refractivity contribution in [2.24, 2.45) is 14.1 Å². The fourth-order valence-corrected chi connectivity index (χ4v) is 3.44. The number of nitrogens with one attached hydrogen (secondary N) is 1. The highest BCUT2D eigenvalue weighted by molar-refractivity contribution is 5.81. The first-order chi connectivity index (χ1) is 12.1. The Labute approximate surface area is 145 Å². The maximum absolute atomic E-state index is 12.1. The van der Waals surface area contributed by atoms with Gasteiger partial charge in [-0.05, 0) is 37.5 Å². The minimum atomic E-state index is -0.0263. The lowest BCUT2D eigenvalue weighted by Crippen LogP contribution is -2.30. The standard InChI is InChI=1S/C18H22N6O/c1-22-14-7-6-13(10-15(14)23(2)18(22)25)21-16-11-17(20-12-19-16)24-8-4-3-5-9-24/h6-7,10-12H,3-5,8-9H2,1-2H3,(H,19,20,21). The van der Waals surface area contributed by atoms with Gasteiger partial charge in [-0.3, -0.25) is 9.13 Å². The molecule has 0 bridgehead atoms. The van der Waals surface area contributed by atoms with Gasteiger partial charge in [0.25, 0.3) is 0 Å². The van der Waals surface area contributed by atoms with Crippen LogP contribution in [-0.2, 0) is 14.1 Å². The smallest absolute Gasteiger partial charge is 0.328 e. The van der Waals surface area contributed by atoms with E-state index in [1.54, 1.807) is 29.6 Å². The van der Waals surface area contributed by atoms with Crippen LogP contribution < -0.4 is 15.9 Å². The van der Waals surface area contributed by atoms with Gasteiger partial charge in [-0.15, -0.1) is 0 Å². The van der Waals surface area contributed by atoms with Crippen molar-refractivity contribution < 1.29 is 0 Å². The molecule has 0 amide bonds. The van der Waals surface area contributed by atoms with Crippen LogP contribution in [0.15, 0.2) is 35.4 Å². The van der Waals surface area contributed by atoms with Crippen LogP contribution >= 0.6 is 0 Å². The van der Waals surface area contributed by atoms with E-state index in [2.05, 4.69) is 20.2 Å². The molecule has 0 radical (unpaired) electrons. The Kier molecular flexibility index (Phi) is 3.91. The van der Waals surface area contributed by atoms with E-state index >= 15 is 0 Å². The minimum absolute atomic E-state index is 0.0263.